The summed E-state index contributed by atoms with van der Waals surface area (Å²) in [7, 11) is 0. The number of hydrogen-bond acceptors (Lipinski definition) is 4. The second kappa shape index (κ2) is 12.0. The topological polar surface area (TPSA) is 71.3 Å². The van der Waals surface area contributed by atoms with E-state index in [1.165, 1.54) is 18.2 Å². The van der Waals surface area contributed by atoms with Crippen LogP contribution in [-0.2, 0) is 17.6 Å². The van der Waals surface area contributed by atoms with Crippen LogP contribution in [0.5, 0.6) is 11.5 Å². The molecule has 1 amide bonds. The predicted octanol–water partition coefficient (Wildman–Crippen LogP) is 7.64. The quantitative estimate of drug-likeness (QED) is 0.220. The van der Waals surface area contributed by atoms with Gasteiger partial charge in [-0.3, -0.25) is 4.79 Å². The van der Waals surface area contributed by atoms with Crippen LogP contribution in [0.2, 0.25) is 5.02 Å². The number of nitrogens with zero attached hydrogens (tertiary/aromatic N) is 1. The number of hydrogen-bond donors (Lipinski definition) is 1. The van der Waals surface area contributed by atoms with Crippen LogP contribution in [0.4, 0.5) is 18.9 Å². The van der Waals surface area contributed by atoms with Gasteiger partial charge < -0.3 is 14.8 Å². The zero-order valence-electron chi connectivity index (χ0n) is 18.8. The van der Waals surface area contributed by atoms with Crippen LogP contribution in [0.15, 0.2) is 70.7 Å². The van der Waals surface area contributed by atoms with Crippen LogP contribution >= 0.6 is 27.5 Å². The summed E-state index contributed by atoms with van der Waals surface area (Å²) >= 11 is 9.35. The largest absolute Gasteiger partial charge is 0.490 e. The van der Waals surface area contributed by atoms with Crippen molar-refractivity contribution in [3.63, 3.8) is 0 Å². The second-order valence-electron chi connectivity index (χ2n) is 7.38. The maximum atomic E-state index is 12.9. The molecule has 5 nitrogen and oxygen atoms in total. The third kappa shape index (κ3) is 7.26. The van der Waals surface area contributed by atoms with Crippen LogP contribution in [0, 0.1) is 11.3 Å². The van der Waals surface area contributed by atoms with E-state index >= 15 is 0 Å². The summed E-state index contributed by atoms with van der Waals surface area (Å²) in [6, 6.07) is 16.3. The van der Waals surface area contributed by atoms with Gasteiger partial charge in [0.15, 0.2) is 11.5 Å². The van der Waals surface area contributed by atoms with Crippen LogP contribution in [0.3, 0.4) is 0 Å². The van der Waals surface area contributed by atoms with Crippen LogP contribution in [0.25, 0.3) is 6.08 Å². The van der Waals surface area contributed by atoms with Crippen molar-refractivity contribution in [2.24, 2.45) is 0 Å². The summed E-state index contributed by atoms with van der Waals surface area (Å²) < 4.78 is 51.0. The van der Waals surface area contributed by atoms with Gasteiger partial charge >= 0.3 is 6.18 Å². The minimum Gasteiger partial charge on any atom is -0.490 e. The van der Waals surface area contributed by atoms with Crippen LogP contribution in [-0.4, -0.2) is 12.5 Å². The van der Waals surface area contributed by atoms with E-state index in [9.17, 15) is 23.2 Å². The highest BCUT2D eigenvalue weighted by Gasteiger charge is 2.30. The van der Waals surface area contributed by atoms with Gasteiger partial charge in [0.25, 0.3) is 5.91 Å². The first-order valence-electron chi connectivity index (χ1n) is 10.5. The Morgan fingerprint density at radius 2 is 1.86 bits per heavy atom. The van der Waals surface area contributed by atoms with Crippen molar-refractivity contribution >= 4 is 45.2 Å². The summed E-state index contributed by atoms with van der Waals surface area (Å²) in [5.41, 5.74) is 0.0209. The van der Waals surface area contributed by atoms with Gasteiger partial charge in [0, 0.05) is 10.7 Å². The number of anilines is 1. The molecule has 0 aromatic heterocycles. The molecule has 0 aliphatic rings. The van der Waals surface area contributed by atoms with E-state index < -0.39 is 17.6 Å². The van der Waals surface area contributed by atoms with Gasteiger partial charge in [-0.15, -0.1) is 0 Å². The average molecular weight is 580 g/mol. The van der Waals surface area contributed by atoms with Gasteiger partial charge in [0.05, 0.1) is 16.6 Å². The lowest BCUT2D eigenvalue weighted by Crippen LogP contribution is -2.14. The lowest BCUT2D eigenvalue weighted by Gasteiger charge is -2.15. The molecule has 186 valence electrons. The third-order valence-electron chi connectivity index (χ3n) is 4.75. The molecular weight excluding hydrogens is 561 g/mol. The van der Waals surface area contributed by atoms with Gasteiger partial charge in [0.2, 0.25) is 0 Å². The summed E-state index contributed by atoms with van der Waals surface area (Å²) in [6.45, 7) is 2.37. The molecule has 3 rings (SSSR count). The number of rotatable bonds is 8. The zero-order valence-corrected chi connectivity index (χ0v) is 21.2. The van der Waals surface area contributed by atoms with Crippen molar-refractivity contribution in [3.8, 4) is 17.6 Å². The SMILES string of the molecule is CCOc1cc(/C=C(\C#N)C(=O)Nc2cccc(C(F)(F)F)c2)cc(Br)c1OCc1ccc(Cl)cc1. The van der Waals surface area contributed by atoms with Gasteiger partial charge in [0.1, 0.15) is 18.2 Å². The molecule has 0 heterocycles. The first-order valence-corrected chi connectivity index (χ1v) is 11.7. The standard InChI is InChI=1S/C26H19BrClF3N2O3/c1-2-35-23-12-17(11-22(27)24(23)36-15-16-6-8-20(28)9-7-16)10-18(14-32)25(34)33-21-5-3-4-19(13-21)26(29,30)31/h3-13H,2,15H2,1H3,(H,33,34)/b18-10+. The van der Waals surface area contributed by atoms with E-state index in [0.717, 1.165) is 17.7 Å². The lowest BCUT2D eigenvalue weighted by atomic mass is 10.1. The number of amides is 1. The van der Waals surface area contributed by atoms with Gasteiger partial charge in [-0.1, -0.05) is 29.8 Å². The van der Waals surface area contributed by atoms with Crippen molar-refractivity contribution in [2.45, 2.75) is 19.7 Å². The number of halogens is 5. The second-order valence-corrected chi connectivity index (χ2v) is 8.67. The molecule has 3 aromatic carbocycles. The molecule has 3 aromatic rings. The molecule has 0 fully saturated rings. The molecule has 0 radical (unpaired) electrons. The van der Waals surface area contributed by atoms with E-state index in [2.05, 4.69) is 21.2 Å². The van der Waals surface area contributed by atoms with Crippen LogP contribution in [0.1, 0.15) is 23.6 Å². The maximum Gasteiger partial charge on any atom is 0.416 e. The van der Waals surface area contributed by atoms with E-state index in [4.69, 9.17) is 21.1 Å². The van der Waals surface area contributed by atoms with Crippen molar-refractivity contribution in [3.05, 3.63) is 92.4 Å². The number of ether oxygens (including phenoxy) is 2. The Labute approximate surface area is 219 Å². The molecule has 36 heavy (non-hydrogen) atoms. The van der Waals surface area contributed by atoms with Crippen molar-refractivity contribution in [1.29, 1.82) is 5.26 Å². The number of nitrogens with one attached hydrogen (secondary N) is 1. The Bertz CT molecular complexity index is 1320. The number of carbonyl (C=O) groups excluding carboxylic acids is 1. The molecule has 0 aliphatic carbocycles. The summed E-state index contributed by atoms with van der Waals surface area (Å²) in [5, 5.41) is 12.4. The third-order valence-corrected chi connectivity index (χ3v) is 5.59. The molecular formula is C26H19BrClF3N2O3. The molecule has 0 aliphatic heterocycles. The highest BCUT2D eigenvalue weighted by Crippen LogP contribution is 2.38. The fourth-order valence-electron chi connectivity index (χ4n) is 3.10. The lowest BCUT2D eigenvalue weighted by molar-refractivity contribution is -0.137. The number of nitriles is 1. The monoisotopic (exact) mass is 578 g/mol. The fraction of sp³-hybridized carbons (Fsp3) is 0.154. The van der Waals surface area contributed by atoms with E-state index in [-0.39, 0.29) is 17.9 Å². The van der Waals surface area contributed by atoms with Gasteiger partial charge in [-0.2, -0.15) is 18.4 Å². The predicted molar refractivity (Wildman–Crippen MR) is 135 cm³/mol. The Morgan fingerprint density at radius 1 is 1.14 bits per heavy atom. The van der Waals surface area contributed by atoms with Gasteiger partial charge in [-0.25, -0.2) is 0 Å². The fourth-order valence-corrected chi connectivity index (χ4v) is 3.80. The molecule has 0 bridgehead atoms. The molecule has 0 atom stereocenters. The molecule has 0 spiro atoms. The van der Waals surface area contributed by atoms with Gasteiger partial charge in [-0.05, 0) is 82.5 Å². The average Bonchev–Trinajstić information content (AvgIpc) is 2.83. The Hall–Kier alpha value is -3.48. The van der Waals surface area contributed by atoms with E-state index in [1.807, 2.05) is 12.1 Å². The highest BCUT2D eigenvalue weighted by molar-refractivity contribution is 9.10. The van der Waals surface area contributed by atoms with E-state index in [0.29, 0.717) is 33.2 Å². The van der Waals surface area contributed by atoms with Crippen molar-refractivity contribution in [1.82, 2.24) is 0 Å². The molecule has 1 N–H and O–H groups in total. The van der Waals surface area contributed by atoms with Crippen molar-refractivity contribution < 1.29 is 27.4 Å². The first kappa shape index (κ1) is 27.1. The molecule has 0 saturated carbocycles. The minimum absolute atomic E-state index is 0.0851. The Balaban J connectivity index is 1.84. The van der Waals surface area contributed by atoms with E-state index in [1.54, 1.807) is 37.3 Å². The molecule has 0 unspecified atom stereocenters. The first-order chi connectivity index (χ1) is 17.1. The maximum absolute atomic E-state index is 12.9. The molecule has 10 heteroatoms. The number of carbonyl (C=O) groups is 1. The highest BCUT2D eigenvalue weighted by atomic mass is 79.9. The smallest absolute Gasteiger partial charge is 0.416 e. The van der Waals surface area contributed by atoms with Crippen LogP contribution < -0.4 is 14.8 Å². The number of benzene rings is 3. The summed E-state index contributed by atoms with van der Waals surface area (Å²) in [6.07, 6.45) is -3.26. The number of alkyl halides is 3. The normalized spacial score (nSPS) is 11.5. The molecule has 0 saturated heterocycles. The summed E-state index contributed by atoms with van der Waals surface area (Å²) in [4.78, 5) is 12.6. The van der Waals surface area contributed by atoms with Crippen molar-refractivity contribution in [2.75, 3.05) is 11.9 Å². The Kier molecular flexibility index (Phi) is 9.02. The Morgan fingerprint density at radius 3 is 2.50 bits per heavy atom. The zero-order chi connectivity index (χ0) is 26.3. The minimum atomic E-state index is -4.56. The summed E-state index contributed by atoms with van der Waals surface area (Å²) in [5.74, 6) is -0.0486.